The van der Waals surface area contributed by atoms with E-state index in [-0.39, 0.29) is 18.9 Å². The molecule has 1 atom stereocenters. The third kappa shape index (κ3) is 4.29. The highest BCUT2D eigenvalue weighted by Gasteiger charge is 2.35. The normalized spacial score (nSPS) is 12.8. The van der Waals surface area contributed by atoms with Crippen LogP contribution in [0.15, 0.2) is 25.3 Å². The Morgan fingerprint density at radius 3 is 1.95 bits per heavy atom. The maximum absolute atomic E-state index is 12.4. The van der Waals surface area contributed by atoms with Crippen molar-refractivity contribution in [2.75, 3.05) is 13.1 Å². The number of rotatable bonds is 8. The van der Waals surface area contributed by atoms with E-state index in [4.69, 9.17) is 0 Å². The van der Waals surface area contributed by atoms with E-state index in [1.165, 1.54) is 26.0 Å². The molecular formula is C12H20N2O4S. The standard InChI is InChI=1S/C12H20N2O4S/c1-6-8-13(10(3)11(4)15)19(17,18)14(9-7-2)12(5)16/h6-7,10H,1-2,8-9H2,3-5H3. The fourth-order valence-corrected chi connectivity index (χ4v) is 3.12. The minimum absolute atomic E-state index is 0.0516. The van der Waals surface area contributed by atoms with Crippen molar-refractivity contribution >= 4 is 21.9 Å². The lowest BCUT2D eigenvalue weighted by atomic mass is 10.2. The van der Waals surface area contributed by atoms with Crippen LogP contribution in [0.25, 0.3) is 0 Å². The first-order valence-corrected chi connectivity index (χ1v) is 7.12. The first-order chi connectivity index (χ1) is 8.69. The van der Waals surface area contributed by atoms with Crippen LogP contribution in [0.3, 0.4) is 0 Å². The van der Waals surface area contributed by atoms with Gasteiger partial charge in [0, 0.05) is 13.5 Å². The second-order valence-electron chi connectivity index (χ2n) is 3.99. The summed E-state index contributed by atoms with van der Waals surface area (Å²) in [6.45, 7) is 10.6. The van der Waals surface area contributed by atoms with Gasteiger partial charge in [-0.3, -0.25) is 9.59 Å². The molecule has 0 heterocycles. The molecule has 0 rings (SSSR count). The van der Waals surface area contributed by atoms with E-state index in [9.17, 15) is 18.0 Å². The van der Waals surface area contributed by atoms with Crippen LogP contribution in [0.1, 0.15) is 20.8 Å². The first kappa shape index (κ1) is 17.5. The maximum Gasteiger partial charge on any atom is 0.307 e. The van der Waals surface area contributed by atoms with Gasteiger partial charge in [0.2, 0.25) is 5.91 Å². The molecule has 0 saturated heterocycles. The Bertz CT molecular complexity index is 470. The Labute approximate surface area is 114 Å². The lowest BCUT2D eigenvalue weighted by molar-refractivity contribution is -0.124. The van der Waals surface area contributed by atoms with Crippen LogP contribution in [0.4, 0.5) is 0 Å². The van der Waals surface area contributed by atoms with Crippen molar-refractivity contribution in [3.05, 3.63) is 25.3 Å². The molecule has 0 fully saturated rings. The monoisotopic (exact) mass is 288 g/mol. The number of carbonyl (C=O) groups is 2. The quantitative estimate of drug-likeness (QED) is 0.617. The van der Waals surface area contributed by atoms with Crippen LogP contribution < -0.4 is 0 Å². The van der Waals surface area contributed by atoms with Gasteiger partial charge in [0.1, 0.15) is 5.78 Å². The zero-order valence-corrected chi connectivity index (χ0v) is 12.3. The minimum atomic E-state index is -4.08. The molecule has 0 bridgehead atoms. The fraction of sp³-hybridized carbons (Fsp3) is 0.500. The number of ketones is 1. The molecule has 0 aromatic heterocycles. The number of hydrogen-bond acceptors (Lipinski definition) is 4. The van der Waals surface area contributed by atoms with Crippen LogP contribution in [-0.4, -0.2) is 47.9 Å². The summed E-state index contributed by atoms with van der Waals surface area (Å²) in [5.74, 6) is -0.947. The van der Waals surface area contributed by atoms with Crippen molar-refractivity contribution in [3.63, 3.8) is 0 Å². The molecule has 0 aromatic rings. The average molecular weight is 288 g/mol. The summed E-state index contributed by atoms with van der Waals surface area (Å²) in [5.41, 5.74) is 0. The molecule has 6 nitrogen and oxygen atoms in total. The van der Waals surface area contributed by atoms with Gasteiger partial charge >= 0.3 is 10.2 Å². The second-order valence-corrected chi connectivity index (χ2v) is 5.80. The van der Waals surface area contributed by atoms with E-state index in [0.29, 0.717) is 4.31 Å². The molecular weight excluding hydrogens is 268 g/mol. The number of carbonyl (C=O) groups excluding carboxylic acids is 2. The summed E-state index contributed by atoms with van der Waals surface area (Å²) >= 11 is 0. The molecule has 19 heavy (non-hydrogen) atoms. The molecule has 0 saturated carbocycles. The molecule has 0 aromatic carbocycles. The SMILES string of the molecule is C=CCN(C(C)=O)S(=O)(=O)N(CC=C)C(C)C(C)=O. The molecule has 0 aliphatic heterocycles. The van der Waals surface area contributed by atoms with Crippen LogP contribution in [0.2, 0.25) is 0 Å². The second kappa shape index (κ2) is 7.20. The molecule has 108 valence electrons. The Balaban J connectivity index is 5.62. The molecule has 7 heteroatoms. The molecule has 1 amide bonds. The van der Waals surface area contributed by atoms with Crippen LogP contribution in [-0.2, 0) is 19.8 Å². The highest BCUT2D eigenvalue weighted by atomic mass is 32.2. The van der Waals surface area contributed by atoms with Gasteiger partial charge in [-0.2, -0.15) is 12.7 Å². The third-order valence-electron chi connectivity index (χ3n) is 2.55. The summed E-state index contributed by atoms with van der Waals surface area (Å²) in [6, 6.07) is -0.866. The molecule has 0 aliphatic rings. The topological polar surface area (TPSA) is 74.8 Å². The lowest BCUT2D eigenvalue weighted by Crippen LogP contribution is -2.51. The summed E-state index contributed by atoms with van der Waals surface area (Å²) in [7, 11) is -4.08. The van der Waals surface area contributed by atoms with Crippen molar-refractivity contribution in [2.45, 2.75) is 26.8 Å². The Hall–Kier alpha value is -1.47. The zero-order chi connectivity index (χ0) is 15.2. The van der Waals surface area contributed by atoms with Crippen molar-refractivity contribution < 1.29 is 18.0 Å². The Morgan fingerprint density at radius 2 is 1.63 bits per heavy atom. The summed E-state index contributed by atoms with van der Waals surface area (Å²) in [4.78, 5) is 22.8. The summed E-state index contributed by atoms with van der Waals surface area (Å²) < 4.78 is 26.4. The van der Waals surface area contributed by atoms with E-state index >= 15 is 0 Å². The molecule has 0 spiro atoms. The van der Waals surface area contributed by atoms with Gasteiger partial charge in [0.05, 0.1) is 12.6 Å². The summed E-state index contributed by atoms with van der Waals surface area (Å²) in [5, 5.41) is 0. The largest absolute Gasteiger partial charge is 0.307 e. The Kier molecular flexibility index (Phi) is 6.64. The van der Waals surface area contributed by atoms with Gasteiger partial charge in [-0.15, -0.1) is 13.2 Å². The maximum atomic E-state index is 12.4. The van der Waals surface area contributed by atoms with Gasteiger partial charge < -0.3 is 0 Å². The summed E-state index contributed by atoms with van der Waals surface area (Å²) in [6.07, 6.45) is 2.67. The van der Waals surface area contributed by atoms with E-state index in [1.807, 2.05) is 0 Å². The van der Waals surface area contributed by atoms with E-state index < -0.39 is 22.2 Å². The molecule has 1 unspecified atom stereocenters. The minimum Gasteiger partial charge on any atom is -0.298 e. The van der Waals surface area contributed by atoms with Gasteiger partial charge in [0.15, 0.2) is 0 Å². The number of hydrogen-bond donors (Lipinski definition) is 0. The van der Waals surface area contributed by atoms with Crippen LogP contribution in [0.5, 0.6) is 0 Å². The van der Waals surface area contributed by atoms with E-state index in [2.05, 4.69) is 13.2 Å². The third-order valence-corrected chi connectivity index (χ3v) is 4.57. The van der Waals surface area contributed by atoms with Gasteiger partial charge in [-0.05, 0) is 13.8 Å². The predicted octanol–water partition coefficient (Wildman–Crippen LogP) is 0.731. The average Bonchev–Trinajstić information content (AvgIpc) is 2.31. The van der Waals surface area contributed by atoms with Crippen molar-refractivity contribution in [2.24, 2.45) is 0 Å². The molecule has 0 aliphatic carbocycles. The molecule has 0 radical (unpaired) electrons. The van der Waals surface area contributed by atoms with Crippen molar-refractivity contribution in [1.29, 1.82) is 0 Å². The highest BCUT2D eigenvalue weighted by Crippen LogP contribution is 2.14. The van der Waals surface area contributed by atoms with Gasteiger partial charge in [0.25, 0.3) is 0 Å². The fourth-order valence-electron chi connectivity index (χ4n) is 1.41. The van der Waals surface area contributed by atoms with E-state index in [1.54, 1.807) is 0 Å². The zero-order valence-electron chi connectivity index (χ0n) is 11.5. The number of Topliss-reactive ketones (excluding diaryl/α,β-unsaturated/α-hetero) is 1. The van der Waals surface area contributed by atoms with Crippen molar-refractivity contribution in [3.8, 4) is 0 Å². The highest BCUT2D eigenvalue weighted by molar-refractivity contribution is 7.87. The lowest BCUT2D eigenvalue weighted by Gasteiger charge is -2.30. The number of nitrogens with zero attached hydrogens (tertiary/aromatic N) is 2. The van der Waals surface area contributed by atoms with Crippen molar-refractivity contribution in [1.82, 2.24) is 8.61 Å². The van der Waals surface area contributed by atoms with Gasteiger partial charge in [-0.25, -0.2) is 4.31 Å². The smallest absolute Gasteiger partial charge is 0.298 e. The first-order valence-electron chi connectivity index (χ1n) is 5.72. The Morgan fingerprint density at radius 1 is 1.16 bits per heavy atom. The van der Waals surface area contributed by atoms with Crippen LogP contribution >= 0.6 is 0 Å². The predicted molar refractivity (Wildman–Crippen MR) is 73.5 cm³/mol. The van der Waals surface area contributed by atoms with E-state index in [0.717, 1.165) is 11.2 Å². The number of amides is 1. The van der Waals surface area contributed by atoms with Gasteiger partial charge in [-0.1, -0.05) is 12.2 Å². The van der Waals surface area contributed by atoms with Crippen LogP contribution in [0, 0.1) is 0 Å². The molecule has 0 N–H and O–H groups in total.